The highest BCUT2D eigenvalue weighted by atomic mass is 16.5. The fourth-order valence-corrected chi connectivity index (χ4v) is 2.67. The Morgan fingerprint density at radius 1 is 0.739 bits per heavy atom. The van der Waals surface area contributed by atoms with Gasteiger partial charge in [0.2, 0.25) is 0 Å². The maximum absolute atomic E-state index is 10.9. The van der Waals surface area contributed by atoms with Crippen LogP contribution in [0.2, 0.25) is 0 Å². The number of carbonyl (C=O) groups is 1. The van der Waals surface area contributed by atoms with Gasteiger partial charge in [0.25, 0.3) is 0 Å². The van der Waals surface area contributed by atoms with Gasteiger partial charge in [-0.05, 0) is 32.1 Å². The van der Waals surface area contributed by atoms with Crippen LogP contribution in [-0.2, 0) is 9.53 Å². The summed E-state index contributed by atoms with van der Waals surface area (Å²) < 4.78 is 4.63. The first-order chi connectivity index (χ1) is 11.3. The van der Waals surface area contributed by atoms with Gasteiger partial charge in [-0.3, -0.25) is 4.79 Å². The van der Waals surface area contributed by atoms with Crippen molar-refractivity contribution >= 4 is 5.97 Å². The number of hydrogen-bond donors (Lipinski definition) is 0. The smallest absolute Gasteiger partial charge is 0.305 e. The Morgan fingerprint density at radius 3 is 1.74 bits per heavy atom. The van der Waals surface area contributed by atoms with Crippen molar-refractivity contribution in [3.05, 3.63) is 24.8 Å². The molecule has 0 rings (SSSR count). The molecule has 0 aliphatic rings. The predicted octanol–water partition coefficient (Wildman–Crippen LogP) is 6.75. The lowest BCUT2D eigenvalue weighted by Crippen LogP contribution is -1.99. The highest BCUT2D eigenvalue weighted by molar-refractivity contribution is 5.68. The van der Waals surface area contributed by atoms with Crippen LogP contribution in [0, 0.1) is 0 Å². The number of esters is 1. The highest BCUT2D eigenvalue weighted by Crippen LogP contribution is 2.12. The number of methoxy groups -OCH3 is 1. The lowest BCUT2D eigenvalue weighted by atomic mass is 10.0. The van der Waals surface area contributed by atoms with Gasteiger partial charge in [-0.2, -0.15) is 0 Å². The van der Waals surface area contributed by atoms with Crippen LogP contribution in [0.5, 0.6) is 0 Å². The SMILES string of the molecule is C=CCC/C=C\CCCCCCCCCCCCCC(=O)OC. The van der Waals surface area contributed by atoms with Crippen molar-refractivity contribution in [1.29, 1.82) is 0 Å². The fraction of sp³-hybridized carbons (Fsp3) is 0.762. The number of allylic oxidation sites excluding steroid dienone is 3. The van der Waals surface area contributed by atoms with E-state index in [1.54, 1.807) is 0 Å². The minimum atomic E-state index is -0.0720. The largest absolute Gasteiger partial charge is 0.469 e. The summed E-state index contributed by atoms with van der Waals surface area (Å²) in [4.78, 5) is 10.9. The number of unbranched alkanes of at least 4 members (excludes halogenated alkanes) is 12. The van der Waals surface area contributed by atoms with Crippen molar-refractivity contribution in [3.8, 4) is 0 Å². The van der Waals surface area contributed by atoms with E-state index in [9.17, 15) is 4.79 Å². The molecule has 0 saturated heterocycles. The average molecular weight is 323 g/mol. The normalized spacial score (nSPS) is 11.0. The van der Waals surface area contributed by atoms with Gasteiger partial charge in [0, 0.05) is 6.42 Å². The Morgan fingerprint density at radius 2 is 1.22 bits per heavy atom. The average Bonchev–Trinajstić information content (AvgIpc) is 2.57. The van der Waals surface area contributed by atoms with Gasteiger partial charge in [-0.15, -0.1) is 6.58 Å². The van der Waals surface area contributed by atoms with Crippen molar-refractivity contribution in [2.45, 2.75) is 96.3 Å². The minimum absolute atomic E-state index is 0.0720. The second-order valence-corrected chi connectivity index (χ2v) is 6.34. The van der Waals surface area contributed by atoms with Crippen LogP contribution < -0.4 is 0 Å². The molecule has 2 nitrogen and oxygen atoms in total. The molecule has 0 heterocycles. The predicted molar refractivity (Wildman–Crippen MR) is 101 cm³/mol. The zero-order valence-corrected chi connectivity index (χ0v) is 15.4. The van der Waals surface area contributed by atoms with Gasteiger partial charge in [0.1, 0.15) is 0 Å². The van der Waals surface area contributed by atoms with Gasteiger partial charge in [-0.1, -0.05) is 76.0 Å². The molecule has 0 aliphatic heterocycles. The molecule has 0 aliphatic carbocycles. The fourth-order valence-electron chi connectivity index (χ4n) is 2.67. The molecule has 23 heavy (non-hydrogen) atoms. The Balaban J connectivity index is 3.06. The monoisotopic (exact) mass is 322 g/mol. The Bertz CT molecular complexity index is 294. The summed E-state index contributed by atoms with van der Waals surface area (Å²) in [6.45, 7) is 3.73. The van der Waals surface area contributed by atoms with Crippen LogP contribution in [-0.4, -0.2) is 13.1 Å². The van der Waals surface area contributed by atoms with Crippen LogP contribution >= 0.6 is 0 Å². The van der Waals surface area contributed by atoms with Gasteiger partial charge in [0.05, 0.1) is 7.11 Å². The van der Waals surface area contributed by atoms with Crippen LogP contribution in [0.25, 0.3) is 0 Å². The van der Waals surface area contributed by atoms with Crippen LogP contribution in [0.4, 0.5) is 0 Å². The van der Waals surface area contributed by atoms with Gasteiger partial charge >= 0.3 is 5.97 Å². The summed E-state index contributed by atoms with van der Waals surface area (Å²) in [6.07, 6.45) is 25.0. The third-order valence-corrected chi connectivity index (χ3v) is 4.18. The first kappa shape index (κ1) is 21.9. The second kappa shape index (κ2) is 19.0. The molecule has 0 spiro atoms. The Kier molecular flexibility index (Phi) is 18.1. The van der Waals surface area contributed by atoms with E-state index in [4.69, 9.17) is 0 Å². The number of rotatable bonds is 17. The number of hydrogen-bond acceptors (Lipinski definition) is 2. The van der Waals surface area contributed by atoms with E-state index in [1.165, 1.54) is 71.3 Å². The molecule has 0 fully saturated rings. The zero-order valence-electron chi connectivity index (χ0n) is 15.4. The van der Waals surface area contributed by atoms with Gasteiger partial charge in [0.15, 0.2) is 0 Å². The third kappa shape index (κ3) is 18.9. The van der Waals surface area contributed by atoms with E-state index < -0.39 is 0 Å². The number of ether oxygens (including phenoxy) is 1. The molecular weight excluding hydrogens is 284 g/mol. The zero-order chi connectivity index (χ0) is 17.0. The van der Waals surface area contributed by atoms with Crippen molar-refractivity contribution in [2.75, 3.05) is 7.11 Å². The highest BCUT2D eigenvalue weighted by Gasteiger charge is 1.99. The first-order valence-corrected chi connectivity index (χ1v) is 9.64. The lowest BCUT2D eigenvalue weighted by molar-refractivity contribution is -0.140. The topological polar surface area (TPSA) is 26.3 Å². The Hall–Kier alpha value is -1.05. The molecule has 0 atom stereocenters. The first-order valence-electron chi connectivity index (χ1n) is 9.64. The molecule has 0 aromatic heterocycles. The molecule has 2 heteroatoms. The summed E-state index contributed by atoms with van der Waals surface area (Å²) in [7, 11) is 1.46. The van der Waals surface area contributed by atoms with Crippen LogP contribution in [0.3, 0.4) is 0 Å². The maximum atomic E-state index is 10.9. The molecule has 0 aromatic rings. The van der Waals surface area contributed by atoms with Crippen molar-refractivity contribution in [2.24, 2.45) is 0 Å². The minimum Gasteiger partial charge on any atom is -0.469 e. The molecule has 0 saturated carbocycles. The van der Waals surface area contributed by atoms with Crippen molar-refractivity contribution in [1.82, 2.24) is 0 Å². The third-order valence-electron chi connectivity index (χ3n) is 4.18. The molecular formula is C21H38O2. The lowest BCUT2D eigenvalue weighted by Gasteiger charge is -2.02. The van der Waals surface area contributed by atoms with Crippen LogP contribution in [0.15, 0.2) is 24.8 Å². The van der Waals surface area contributed by atoms with E-state index in [-0.39, 0.29) is 5.97 Å². The van der Waals surface area contributed by atoms with Gasteiger partial charge in [-0.25, -0.2) is 0 Å². The standard InChI is InChI=1S/C21H38O2/c1-3-4-5-6-7-8-9-10-11-12-13-14-15-16-17-18-19-20-21(22)23-2/h3,6-7H,1,4-5,8-20H2,2H3/b7-6-. The van der Waals surface area contributed by atoms with Crippen LogP contribution in [0.1, 0.15) is 96.3 Å². The summed E-state index contributed by atoms with van der Waals surface area (Å²) in [5.74, 6) is -0.0720. The van der Waals surface area contributed by atoms with Gasteiger partial charge < -0.3 is 4.74 Å². The van der Waals surface area contributed by atoms with E-state index >= 15 is 0 Å². The molecule has 0 amide bonds. The van der Waals surface area contributed by atoms with Crippen molar-refractivity contribution in [3.63, 3.8) is 0 Å². The summed E-state index contributed by atoms with van der Waals surface area (Å²) in [5.41, 5.74) is 0. The maximum Gasteiger partial charge on any atom is 0.305 e. The molecule has 0 radical (unpaired) electrons. The van der Waals surface area contributed by atoms with E-state index in [0.717, 1.165) is 25.7 Å². The summed E-state index contributed by atoms with van der Waals surface area (Å²) in [6, 6.07) is 0. The molecule has 0 aromatic carbocycles. The quantitative estimate of drug-likeness (QED) is 0.168. The molecule has 0 bridgehead atoms. The van der Waals surface area contributed by atoms with E-state index in [0.29, 0.717) is 6.42 Å². The summed E-state index contributed by atoms with van der Waals surface area (Å²) in [5, 5.41) is 0. The Labute approximate surface area is 144 Å². The number of carbonyl (C=O) groups excluding carboxylic acids is 1. The van der Waals surface area contributed by atoms with E-state index in [2.05, 4.69) is 23.5 Å². The van der Waals surface area contributed by atoms with E-state index in [1.807, 2.05) is 6.08 Å². The summed E-state index contributed by atoms with van der Waals surface area (Å²) >= 11 is 0. The molecule has 0 N–H and O–H groups in total. The molecule has 0 unspecified atom stereocenters. The van der Waals surface area contributed by atoms with Crippen molar-refractivity contribution < 1.29 is 9.53 Å². The molecule has 134 valence electrons. The second-order valence-electron chi connectivity index (χ2n) is 6.34.